The molecule has 1 saturated heterocycles. The second-order valence-corrected chi connectivity index (χ2v) is 6.71. The molecule has 0 N–H and O–H groups in total. The van der Waals surface area contributed by atoms with Gasteiger partial charge < -0.3 is 18.9 Å². The van der Waals surface area contributed by atoms with Crippen LogP contribution in [0.4, 0.5) is 4.79 Å². The van der Waals surface area contributed by atoms with Gasteiger partial charge in [0.15, 0.2) is 5.82 Å². The zero-order valence-electron chi connectivity index (χ0n) is 14.0. The van der Waals surface area contributed by atoms with Crippen molar-refractivity contribution < 1.29 is 18.8 Å². The van der Waals surface area contributed by atoms with Gasteiger partial charge in [-0.2, -0.15) is 4.98 Å². The average molecular weight is 311 g/mol. The van der Waals surface area contributed by atoms with Gasteiger partial charge in [-0.05, 0) is 40.5 Å². The summed E-state index contributed by atoms with van der Waals surface area (Å²) in [5.74, 6) is 1.05. The molecule has 1 aliphatic heterocycles. The zero-order valence-corrected chi connectivity index (χ0v) is 14.0. The van der Waals surface area contributed by atoms with Crippen molar-refractivity contribution in [3.63, 3.8) is 0 Å². The smallest absolute Gasteiger partial charge is 0.410 e. The maximum Gasteiger partial charge on any atom is 0.410 e. The molecule has 0 saturated carbocycles. The first-order chi connectivity index (χ1) is 10.2. The third-order valence-corrected chi connectivity index (χ3v) is 3.68. The molecule has 0 bridgehead atoms. The Morgan fingerprint density at radius 2 is 2.18 bits per heavy atom. The molecule has 1 aromatic rings. The monoisotopic (exact) mass is 311 g/mol. The number of likely N-dealkylation sites (tertiary alicyclic amines) is 1. The molecule has 7 nitrogen and oxygen atoms in total. The molecule has 0 radical (unpaired) electrons. The van der Waals surface area contributed by atoms with Crippen molar-refractivity contribution in [2.45, 2.75) is 65.3 Å². The average Bonchev–Trinajstić information content (AvgIpc) is 3.02. The Morgan fingerprint density at radius 3 is 2.73 bits per heavy atom. The summed E-state index contributed by atoms with van der Waals surface area (Å²) in [6, 6.07) is 0. The minimum atomic E-state index is -0.489. The quantitative estimate of drug-likeness (QED) is 0.850. The summed E-state index contributed by atoms with van der Waals surface area (Å²) in [6.07, 6.45) is 1.29. The molecule has 1 aromatic heterocycles. The van der Waals surface area contributed by atoms with Crippen molar-refractivity contribution in [3.05, 3.63) is 11.7 Å². The van der Waals surface area contributed by atoms with Crippen LogP contribution in [0, 0.1) is 6.92 Å². The first-order valence-electron chi connectivity index (χ1n) is 7.64. The lowest BCUT2D eigenvalue weighted by Gasteiger charge is -2.29. The molecule has 1 aliphatic rings. The number of nitrogens with zero attached hydrogens (tertiary/aromatic N) is 3. The topological polar surface area (TPSA) is 77.7 Å². The van der Waals surface area contributed by atoms with Crippen LogP contribution in [-0.2, 0) is 16.1 Å². The Labute approximate surface area is 131 Å². The van der Waals surface area contributed by atoms with Crippen LogP contribution >= 0.6 is 0 Å². The standard InChI is InChI=1S/C15H25N3O4/c1-6-15(20-9-12-16-11(2)17-22-12)7-8-18(10-15)13(19)21-14(3,4)5/h6-10H2,1-5H3. The normalized spacial score (nSPS) is 22.1. The number of hydrogen-bond donors (Lipinski definition) is 0. The number of hydrogen-bond acceptors (Lipinski definition) is 6. The van der Waals surface area contributed by atoms with Gasteiger partial charge in [0.25, 0.3) is 5.89 Å². The molecule has 22 heavy (non-hydrogen) atoms. The van der Waals surface area contributed by atoms with E-state index in [0.29, 0.717) is 24.8 Å². The van der Waals surface area contributed by atoms with Crippen molar-refractivity contribution >= 4 is 6.09 Å². The fraction of sp³-hybridized carbons (Fsp3) is 0.800. The van der Waals surface area contributed by atoms with Crippen LogP contribution in [0.15, 0.2) is 4.52 Å². The molecule has 1 atom stereocenters. The van der Waals surface area contributed by atoms with E-state index in [9.17, 15) is 4.79 Å². The zero-order chi connectivity index (χ0) is 16.4. The molecule has 7 heteroatoms. The van der Waals surface area contributed by atoms with Gasteiger partial charge in [-0.25, -0.2) is 4.79 Å². The first-order valence-corrected chi connectivity index (χ1v) is 7.64. The lowest BCUT2D eigenvalue weighted by atomic mass is 10.00. The Bertz CT molecular complexity index is 523. The molecule has 0 aromatic carbocycles. The third-order valence-electron chi connectivity index (χ3n) is 3.68. The van der Waals surface area contributed by atoms with Gasteiger partial charge >= 0.3 is 6.09 Å². The molecule has 124 valence electrons. The summed E-state index contributed by atoms with van der Waals surface area (Å²) in [5, 5.41) is 3.74. The Balaban J connectivity index is 1.93. The molecule has 0 spiro atoms. The highest BCUT2D eigenvalue weighted by Crippen LogP contribution is 2.30. The number of ether oxygens (including phenoxy) is 2. The number of rotatable bonds is 4. The van der Waals surface area contributed by atoms with E-state index >= 15 is 0 Å². The van der Waals surface area contributed by atoms with Crippen molar-refractivity contribution in [1.29, 1.82) is 0 Å². The van der Waals surface area contributed by atoms with Crippen LogP contribution in [0.2, 0.25) is 0 Å². The summed E-state index contributed by atoms with van der Waals surface area (Å²) in [4.78, 5) is 18.0. The van der Waals surface area contributed by atoms with Crippen LogP contribution in [-0.4, -0.2) is 45.4 Å². The summed E-state index contributed by atoms with van der Waals surface area (Å²) >= 11 is 0. The molecule has 0 aliphatic carbocycles. The van der Waals surface area contributed by atoms with E-state index in [2.05, 4.69) is 17.1 Å². The summed E-state index contributed by atoms with van der Waals surface area (Å²) in [5.41, 5.74) is -0.865. The largest absolute Gasteiger partial charge is 0.444 e. The van der Waals surface area contributed by atoms with Crippen molar-refractivity contribution in [2.75, 3.05) is 13.1 Å². The van der Waals surface area contributed by atoms with E-state index in [1.54, 1.807) is 11.8 Å². The fourth-order valence-electron chi connectivity index (χ4n) is 2.45. The third kappa shape index (κ3) is 4.19. The molecule has 1 unspecified atom stereocenters. The lowest BCUT2D eigenvalue weighted by Crippen LogP contribution is -2.40. The van der Waals surface area contributed by atoms with E-state index in [4.69, 9.17) is 14.0 Å². The molecular formula is C15H25N3O4. The Kier molecular flexibility index (Phi) is 4.75. The van der Waals surface area contributed by atoms with Crippen molar-refractivity contribution in [3.8, 4) is 0 Å². The highest BCUT2D eigenvalue weighted by atomic mass is 16.6. The lowest BCUT2D eigenvalue weighted by molar-refractivity contribution is -0.0610. The van der Waals surface area contributed by atoms with Gasteiger partial charge in [-0.3, -0.25) is 0 Å². The maximum absolute atomic E-state index is 12.1. The second kappa shape index (κ2) is 6.24. The fourth-order valence-corrected chi connectivity index (χ4v) is 2.45. The number of carbonyl (C=O) groups is 1. The van der Waals surface area contributed by atoms with Gasteiger partial charge in [0.1, 0.15) is 12.2 Å². The minimum Gasteiger partial charge on any atom is -0.444 e. The van der Waals surface area contributed by atoms with Gasteiger partial charge in [0, 0.05) is 6.54 Å². The molecule has 1 amide bonds. The number of amides is 1. The van der Waals surface area contributed by atoms with Crippen LogP contribution in [0.25, 0.3) is 0 Å². The summed E-state index contributed by atoms with van der Waals surface area (Å²) in [7, 11) is 0. The summed E-state index contributed by atoms with van der Waals surface area (Å²) < 4.78 is 16.5. The van der Waals surface area contributed by atoms with E-state index in [-0.39, 0.29) is 18.3 Å². The molecule has 2 rings (SSSR count). The Hall–Kier alpha value is -1.63. The second-order valence-electron chi connectivity index (χ2n) is 6.71. The van der Waals surface area contributed by atoms with E-state index < -0.39 is 5.60 Å². The van der Waals surface area contributed by atoms with Crippen LogP contribution < -0.4 is 0 Å². The van der Waals surface area contributed by atoms with Gasteiger partial charge in [-0.15, -0.1) is 0 Å². The van der Waals surface area contributed by atoms with Gasteiger partial charge in [0.2, 0.25) is 0 Å². The van der Waals surface area contributed by atoms with Gasteiger partial charge in [-0.1, -0.05) is 12.1 Å². The first kappa shape index (κ1) is 16.7. The SMILES string of the molecule is CCC1(OCc2nc(C)no2)CCN(C(=O)OC(C)(C)C)C1. The maximum atomic E-state index is 12.1. The predicted molar refractivity (Wildman–Crippen MR) is 79.3 cm³/mol. The van der Waals surface area contributed by atoms with E-state index in [1.807, 2.05) is 20.8 Å². The van der Waals surface area contributed by atoms with Crippen molar-refractivity contribution in [1.82, 2.24) is 15.0 Å². The van der Waals surface area contributed by atoms with E-state index in [1.165, 1.54) is 0 Å². The minimum absolute atomic E-state index is 0.261. The highest BCUT2D eigenvalue weighted by Gasteiger charge is 2.41. The van der Waals surface area contributed by atoms with Crippen LogP contribution in [0.5, 0.6) is 0 Å². The van der Waals surface area contributed by atoms with E-state index in [0.717, 1.165) is 12.8 Å². The number of carbonyl (C=O) groups excluding carboxylic acids is 1. The molecule has 1 fully saturated rings. The number of aryl methyl sites for hydroxylation is 1. The number of aromatic nitrogens is 2. The van der Waals surface area contributed by atoms with Crippen LogP contribution in [0.3, 0.4) is 0 Å². The van der Waals surface area contributed by atoms with Crippen LogP contribution in [0.1, 0.15) is 52.3 Å². The van der Waals surface area contributed by atoms with Gasteiger partial charge in [0.05, 0.1) is 12.1 Å². The molecular weight excluding hydrogens is 286 g/mol. The summed E-state index contributed by atoms with van der Waals surface area (Å²) in [6.45, 7) is 10.8. The predicted octanol–water partition coefficient (Wildman–Crippen LogP) is 2.68. The van der Waals surface area contributed by atoms with Crippen molar-refractivity contribution in [2.24, 2.45) is 0 Å². The molecule has 2 heterocycles. The Morgan fingerprint density at radius 1 is 1.45 bits per heavy atom. The highest BCUT2D eigenvalue weighted by molar-refractivity contribution is 5.68.